The largest absolute Gasteiger partial charge is 2.00 e. The van der Waals surface area contributed by atoms with Crippen LogP contribution in [-0.4, -0.2) is 36.3 Å². The van der Waals surface area contributed by atoms with Crippen LogP contribution < -0.4 is 5.11 Å². The van der Waals surface area contributed by atoms with Crippen molar-refractivity contribution < 1.29 is 32.0 Å². The predicted molar refractivity (Wildman–Crippen MR) is 79.9 cm³/mol. The molecule has 1 radical (unpaired) electrons. The molecule has 1 aliphatic heterocycles. The Hall–Kier alpha value is -1.86. The van der Waals surface area contributed by atoms with E-state index in [1.165, 1.54) is 0 Å². The Kier molecular flexibility index (Phi) is 7.77. The van der Waals surface area contributed by atoms with Gasteiger partial charge >= 0.3 is 17.1 Å². The summed E-state index contributed by atoms with van der Waals surface area (Å²) in [6.45, 7) is 4.06. The van der Waals surface area contributed by atoms with Crippen LogP contribution in [0.15, 0.2) is 36.4 Å². The van der Waals surface area contributed by atoms with Gasteiger partial charge in [-0.3, -0.25) is 4.90 Å². The van der Waals surface area contributed by atoms with Gasteiger partial charge in [0, 0.05) is 19.6 Å². The number of ether oxygens (including phenoxy) is 1. The molecule has 2 aromatic carbocycles. The van der Waals surface area contributed by atoms with Crippen molar-refractivity contribution in [3.8, 4) is 5.75 Å². The molecule has 1 aliphatic rings. The Morgan fingerprint density at radius 3 is 2.35 bits per heavy atom. The normalized spacial score (nSPS) is 14.4. The van der Waals surface area contributed by atoms with Gasteiger partial charge in [-0.1, -0.05) is 36.4 Å². The molecule has 0 N–H and O–H groups in total. The van der Waals surface area contributed by atoms with Crippen LogP contribution in [-0.2, 0) is 28.4 Å². The second-order valence-corrected chi connectivity index (χ2v) is 4.88. The molecule has 0 aliphatic carbocycles. The third-order valence-electron chi connectivity index (χ3n) is 3.48. The number of morpholine rings is 1. The monoisotopic (exact) mass is 367 g/mol. The van der Waals surface area contributed by atoms with Gasteiger partial charge in [0.15, 0.2) is 0 Å². The molecule has 127 valence electrons. The molecule has 7 nitrogen and oxygen atoms in total. The smallest absolute Gasteiger partial charge is 0.872 e. The first kappa shape index (κ1) is 19.2. The van der Waals surface area contributed by atoms with Crippen LogP contribution in [0.2, 0.25) is 0 Å². The standard InChI is InChI=1S/C15H17NO2.Cu.NO3/c17-15-6-5-12-3-1-2-4-13(12)14(15)11-16-7-9-18-10-8-16;;2-1(3)4/h1-6,17H,7-11H2;;/q;+2;-1/p-1. The van der Waals surface area contributed by atoms with E-state index in [-0.39, 0.29) is 22.8 Å². The summed E-state index contributed by atoms with van der Waals surface area (Å²) < 4.78 is 5.34. The van der Waals surface area contributed by atoms with E-state index in [0.29, 0.717) is 0 Å². The van der Waals surface area contributed by atoms with E-state index in [9.17, 15) is 5.11 Å². The van der Waals surface area contributed by atoms with E-state index in [4.69, 9.17) is 20.1 Å². The van der Waals surface area contributed by atoms with Gasteiger partial charge in [-0.2, -0.15) is 0 Å². The minimum atomic E-state index is -1.75. The second kappa shape index (κ2) is 9.32. The Morgan fingerprint density at radius 1 is 1.09 bits per heavy atom. The van der Waals surface area contributed by atoms with Crippen molar-refractivity contribution in [1.82, 2.24) is 4.90 Å². The Morgan fingerprint density at radius 2 is 1.70 bits per heavy atom. The zero-order valence-electron chi connectivity index (χ0n) is 12.2. The van der Waals surface area contributed by atoms with Gasteiger partial charge in [0.25, 0.3) is 0 Å². The summed E-state index contributed by atoms with van der Waals surface area (Å²) in [4.78, 5) is 10.5. The molecule has 1 heterocycles. The molecule has 0 bridgehead atoms. The number of hydrogen-bond donors (Lipinski definition) is 0. The number of rotatable bonds is 2. The summed E-state index contributed by atoms with van der Waals surface area (Å²) in [6, 6.07) is 11.7. The summed E-state index contributed by atoms with van der Waals surface area (Å²) in [6.07, 6.45) is 0. The molecule has 1 fully saturated rings. The molecule has 0 saturated carbocycles. The average molecular weight is 368 g/mol. The van der Waals surface area contributed by atoms with Crippen LogP contribution in [0.1, 0.15) is 5.56 Å². The van der Waals surface area contributed by atoms with Crippen LogP contribution in [0, 0.1) is 15.3 Å². The van der Waals surface area contributed by atoms with Crippen molar-refractivity contribution in [2.24, 2.45) is 0 Å². The van der Waals surface area contributed by atoms with Gasteiger partial charge in [0.05, 0.1) is 18.3 Å². The molecule has 0 aromatic heterocycles. The fraction of sp³-hybridized carbons (Fsp3) is 0.333. The molecular formula is C15H16CuN2O5. The summed E-state index contributed by atoms with van der Waals surface area (Å²) in [7, 11) is 0. The zero-order chi connectivity index (χ0) is 15.9. The Balaban J connectivity index is 0.000000478. The molecular weight excluding hydrogens is 352 g/mol. The zero-order valence-corrected chi connectivity index (χ0v) is 13.2. The first-order valence-electron chi connectivity index (χ1n) is 6.87. The molecule has 8 heteroatoms. The van der Waals surface area contributed by atoms with Crippen LogP contribution in [0.4, 0.5) is 0 Å². The molecule has 0 amide bonds. The number of hydrogen-bond acceptors (Lipinski definition) is 6. The van der Waals surface area contributed by atoms with Gasteiger partial charge in [-0.05, 0) is 16.3 Å². The van der Waals surface area contributed by atoms with Gasteiger partial charge in [0.1, 0.15) is 0 Å². The molecule has 0 atom stereocenters. The quantitative estimate of drug-likeness (QED) is 0.453. The van der Waals surface area contributed by atoms with Crippen LogP contribution in [0.3, 0.4) is 0 Å². The van der Waals surface area contributed by atoms with Crippen molar-refractivity contribution >= 4 is 10.8 Å². The number of nitrogens with zero attached hydrogens (tertiary/aromatic N) is 2. The summed E-state index contributed by atoms with van der Waals surface area (Å²) in [5.41, 5.74) is 0.912. The minimum Gasteiger partial charge on any atom is -0.872 e. The molecule has 3 rings (SSSR count). The maximum absolute atomic E-state index is 12.0. The number of fused-ring (bicyclic) bond motifs is 1. The second-order valence-electron chi connectivity index (χ2n) is 4.88. The fourth-order valence-electron chi connectivity index (χ4n) is 2.46. The summed E-state index contributed by atoms with van der Waals surface area (Å²) >= 11 is 0. The molecule has 0 spiro atoms. The van der Waals surface area contributed by atoms with Crippen molar-refractivity contribution in [3.05, 3.63) is 57.3 Å². The topological polar surface area (TPSA) is 102 Å². The average Bonchev–Trinajstić information content (AvgIpc) is 2.51. The molecule has 23 heavy (non-hydrogen) atoms. The molecule has 1 saturated heterocycles. The molecule has 0 unspecified atom stereocenters. The van der Waals surface area contributed by atoms with Crippen molar-refractivity contribution in [1.29, 1.82) is 0 Å². The maximum Gasteiger partial charge on any atom is 2.00 e. The first-order chi connectivity index (χ1) is 10.6. The third-order valence-corrected chi connectivity index (χ3v) is 3.48. The fourth-order valence-corrected chi connectivity index (χ4v) is 2.46. The van der Waals surface area contributed by atoms with Gasteiger partial charge in [0.2, 0.25) is 0 Å². The number of benzene rings is 2. The van der Waals surface area contributed by atoms with E-state index in [1.54, 1.807) is 6.07 Å². The maximum atomic E-state index is 12.0. The SMILES string of the molecule is O=[N+]([O-])[O-].[Cu+2].[O-]c1ccc2ccccc2c1CN1CCOCC1. The Bertz CT molecular complexity index is 643. The van der Waals surface area contributed by atoms with Crippen molar-refractivity contribution in [3.63, 3.8) is 0 Å². The first-order valence-corrected chi connectivity index (χ1v) is 6.87. The van der Waals surface area contributed by atoms with Crippen molar-refractivity contribution in [2.75, 3.05) is 26.3 Å². The van der Waals surface area contributed by atoms with E-state index >= 15 is 0 Å². The van der Waals surface area contributed by atoms with E-state index in [2.05, 4.69) is 11.0 Å². The van der Waals surface area contributed by atoms with Crippen LogP contribution >= 0.6 is 0 Å². The Labute approximate surface area is 144 Å². The van der Waals surface area contributed by atoms with E-state index in [1.807, 2.05) is 24.3 Å². The van der Waals surface area contributed by atoms with E-state index in [0.717, 1.165) is 49.2 Å². The van der Waals surface area contributed by atoms with Gasteiger partial charge < -0.3 is 25.2 Å². The van der Waals surface area contributed by atoms with Crippen molar-refractivity contribution in [2.45, 2.75) is 6.54 Å². The summed E-state index contributed by atoms with van der Waals surface area (Å²) in [5.74, 6) is 0.139. The molecule has 2 aromatic rings. The minimum absolute atomic E-state index is 0. The van der Waals surface area contributed by atoms with E-state index < -0.39 is 5.09 Å². The van der Waals surface area contributed by atoms with Gasteiger partial charge in [-0.15, -0.1) is 5.75 Å². The van der Waals surface area contributed by atoms with Crippen LogP contribution in [0.5, 0.6) is 5.75 Å². The van der Waals surface area contributed by atoms with Gasteiger partial charge in [-0.25, -0.2) is 0 Å². The van der Waals surface area contributed by atoms with Crippen LogP contribution in [0.25, 0.3) is 10.8 Å². The summed E-state index contributed by atoms with van der Waals surface area (Å²) in [5, 5.41) is 29.0. The predicted octanol–water partition coefficient (Wildman–Crippen LogP) is 1.50. The third kappa shape index (κ3) is 5.69.